The van der Waals surface area contributed by atoms with Gasteiger partial charge in [-0.25, -0.2) is 8.42 Å². The van der Waals surface area contributed by atoms with Gasteiger partial charge < -0.3 is 4.90 Å². The highest BCUT2D eigenvalue weighted by Gasteiger charge is 2.34. The number of nitrogens with zero attached hydrogens (tertiary/aromatic N) is 2. The third-order valence-electron chi connectivity index (χ3n) is 4.89. The molecular weight excluding hydrogens is 332 g/mol. The molecule has 1 unspecified atom stereocenters. The zero-order valence-electron chi connectivity index (χ0n) is 14.9. The van der Waals surface area contributed by atoms with Crippen LogP contribution in [0, 0.1) is 0 Å². The van der Waals surface area contributed by atoms with Crippen molar-refractivity contribution in [3.8, 4) is 0 Å². The quantitative estimate of drug-likeness (QED) is 0.796. The van der Waals surface area contributed by atoms with Crippen LogP contribution in [0.2, 0.25) is 0 Å². The Kier molecular flexibility index (Phi) is 5.57. The van der Waals surface area contributed by atoms with E-state index in [2.05, 4.69) is 11.8 Å². The number of likely N-dealkylation sites (tertiary alicyclic amines) is 1. The molecule has 0 amide bonds. The average Bonchev–Trinajstić information content (AvgIpc) is 3.06. The Hall–Kier alpha value is -1.69. The van der Waals surface area contributed by atoms with E-state index in [1.807, 2.05) is 49.5 Å². The number of sulfonamides is 1. The molecule has 2 aromatic carbocycles. The molecule has 0 radical (unpaired) electrons. The molecule has 1 aliphatic heterocycles. The van der Waals surface area contributed by atoms with Crippen LogP contribution in [0.5, 0.6) is 0 Å². The maximum absolute atomic E-state index is 13.3. The summed E-state index contributed by atoms with van der Waals surface area (Å²) in [6, 6.07) is 17.2. The third-order valence-corrected chi connectivity index (χ3v) is 6.81. The molecule has 1 atom stereocenters. The van der Waals surface area contributed by atoms with Crippen molar-refractivity contribution in [3.63, 3.8) is 0 Å². The van der Waals surface area contributed by atoms with Crippen molar-refractivity contribution in [1.82, 2.24) is 9.21 Å². The molecular formula is C20H26N2O2S. The largest absolute Gasteiger partial charge is 0.305 e. The Labute approximate surface area is 151 Å². The molecule has 3 rings (SSSR count). The van der Waals surface area contributed by atoms with Crippen LogP contribution >= 0.6 is 0 Å². The van der Waals surface area contributed by atoms with E-state index in [4.69, 9.17) is 0 Å². The van der Waals surface area contributed by atoms with Crippen molar-refractivity contribution in [2.45, 2.75) is 37.2 Å². The lowest BCUT2D eigenvalue weighted by Gasteiger charge is -2.28. The highest BCUT2D eigenvalue weighted by Crippen LogP contribution is 2.26. The van der Waals surface area contributed by atoms with Crippen LogP contribution in [-0.2, 0) is 23.0 Å². The van der Waals surface area contributed by atoms with Crippen molar-refractivity contribution >= 4 is 10.0 Å². The maximum atomic E-state index is 13.3. The van der Waals surface area contributed by atoms with Crippen LogP contribution in [0.3, 0.4) is 0 Å². The van der Waals surface area contributed by atoms with Gasteiger partial charge in [-0.05, 0) is 49.7 Å². The molecule has 4 nitrogen and oxygen atoms in total. The van der Waals surface area contributed by atoms with Crippen molar-refractivity contribution in [2.75, 3.05) is 20.1 Å². The van der Waals surface area contributed by atoms with Crippen LogP contribution in [0.25, 0.3) is 0 Å². The number of hydrogen-bond acceptors (Lipinski definition) is 3. The fourth-order valence-corrected chi connectivity index (χ4v) is 4.99. The standard InChI is InChI=1S/C20H26N2O2S/c1-3-17-9-11-20(12-10-17)25(23,24)22(19-13-14-21(2)16-19)15-18-7-5-4-6-8-18/h4-12,19H,3,13-16H2,1-2H3. The highest BCUT2D eigenvalue weighted by atomic mass is 32.2. The molecule has 1 fully saturated rings. The van der Waals surface area contributed by atoms with Gasteiger partial charge in [0.1, 0.15) is 0 Å². The molecule has 0 aliphatic carbocycles. The van der Waals surface area contributed by atoms with E-state index in [1.165, 1.54) is 0 Å². The smallest absolute Gasteiger partial charge is 0.243 e. The molecule has 0 bridgehead atoms. The number of rotatable bonds is 6. The van der Waals surface area contributed by atoms with Gasteiger partial charge in [0.25, 0.3) is 0 Å². The number of aryl methyl sites for hydroxylation is 1. The summed E-state index contributed by atoms with van der Waals surface area (Å²) in [4.78, 5) is 2.58. The SMILES string of the molecule is CCc1ccc(S(=O)(=O)N(Cc2ccccc2)C2CCN(C)C2)cc1. The summed E-state index contributed by atoms with van der Waals surface area (Å²) in [5.41, 5.74) is 2.17. The lowest BCUT2D eigenvalue weighted by molar-refractivity contribution is 0.304. The number of likely N-dealkylation sites (N-methyl/N-ethyl adjacent to an activating group) is 1. The van der Waals surface area contributed by atoms with E-state index in [1.54, 1.807) is 16.4 Å². The van der Waals surface area contributed by atoms with Gasteiger partial charge in [-0.1, -0.05) is 49.4 Å². The second-order valence-corrected chi connectivity index (χ2v) is 8.63. The Morgan fingerprint density at radius 1 is 1.04 bits per heavy atom. The Balaban J connectivity index is 1.93. The Morgan fingerprint density at radius 2 is 1.72 bits per heavy atom. The van der Waals surface area contributed by atoms with E-state index in [0.717, 1.165) is 37.1 Å². The summed E-state index contributed by atoms with van der Waals surface area (Å²) < 4.78 is 28.4. The molecule has 1 saturated heterocycles. The predicted octanol–water partition coefficient (Wildman–Crippen LogP) is 3.14. The molecule has 2 aromatic rings. The van der Waals surface area contributed by atoms with Crippen molar-refractivity contribution < 1.29 is 8.42 Å². The van der Waals surface area contributed by atoms with Crippen LogP contribution in [0.15, 0.2) is 59.5 Å². The molecule has 1 aliphatic rings. The van der Waals surface area contributed by atoms with E-state index < -0.39 is 10.0 Å². The zero-order chi connectivity index (χ0) is 17.9. The first kappa shape index (κ1) is 18.1. The minimum atomic E-state index is -3.52. The lowest BCUT2D eigenvalue weighted by Crippen LogP contribution is -2.41. The summed E-state index contributed by atoms with van der Waals surface area (Å²) in [6.45, 7) is 4.19. The van der Waals surface area contributed by atoms with Gasteiger partial charge in [0.2, 0.25) is 10.0 Å². The first-order chi connectivity index (χ1) is 12.0. The molecule has 5 heteroatoms. The lowest BCUT2D eigenvalue weighted by atomic mass is 10.2. The molecule has 25 heavy (non-hydrogen) atoms. The zero-order valence-corrected chi connectivity index (χ0v) is 15.7. The van der Waals surface area contributed by atoms with Crippen molar-refractivity contribution in [1.29, 1.82) is 0 Å². The fourth-order valence-electron chi connectivity index (χ4n) is 3.35. The summed E-state index contributed by atoms with van der Waals surface area (Å²) in [5.74, 6) is 0. The summed E-state index contributed by atoms with van der Waals surface area (Å²) >= 11 is 0. The first-order valence-corrected chi connectivity index (χ1v) is 10.3. The first-order valence-electron chi connectivity index (χ1n) is 8.84. The predicted molar refractivity (Wildman–Crippen MR) is 101 cm³/mol. The van der Waals surface area contributed by atoms with Crippen LogP contribution in [0.1, 0.15) is 24.5 Å². The molecule has 134 valence electrons. The normalized spacial score (nSPS) is 18.8. The molecule has 0 aromatic heterocycles. The van der Waals surface area contributed by atoms with Gasteiger partial charge in [-0.15, -0.1) is 0 Å². The molecule has 0 N–H and O–H groups in total. The monoisotopic (exact) mass is 358 g/mol. The second-order valence-electron chi connectivity index (χ2n) is 6.74. The van der Waals surface area contributed by atoms with Gasteiger partial charge in [0.15, 0.2) is 0 Å². The topological polar surface area (TPSA) is 40.6 Å². The fraction of sp³-hybridized carbons (Fsp3) is 0.400. The Bertz CT molecular complexity index is 788. The van der Waals surface area contributed by atoms with Gasteiger partial charge in [-0.2, -0.15) is 4.31 Å². The maximum Gasteiger partial charge on any atom is 0.243 e. The van der Waals surface area contributed by atoms with Crippen molar-refractivity contribution in [2.24, 2.45) is 0 Å². The Morgan fingerprint density at radius 3 is 2.28 bits per heavy atom. The third kappa shape index (κ3) is 4.11. The summed E-state index contributed by atoms with van der Waals surface area (Å²) in [7, 11) is -1.48. The van der Waals surface area contributed by atoms with E-state index in [-0.39, 0.29) is 6.04 Å². The molecule has 1 heterocycles. The van der Waals surface area contributed by atoms with Gasteiger partial charge >= 0.3 is 0 Å². The summed E-state index contributed by atoms with van der Waals surface area (Å²) in [5, 5.41) is 0. The average molecular weight is 359 g/mol. The van der Waals surface area contributed by atoms with Crippen LogP contribution < -0.4 is 0 Å². The molecule has 0 saturated carbocycles. The van der Waals surface area contributed by atoms with Gasteiger partial charge in [-0.3, -0.25) is 0 Å². The van der Waals surface area contributed by atoms with E-state index in [9.17, 15) is 8.42 Å². The minimum Gasteiger partial charge on any atom is -0.305 e. The minimum absolute atomic E-state index is 0.0149. The van der Waals surface area contributed by atoms with Gasteiger partial charge in [0.05, 0.1) is 4.90 Å². The molecule has 0 spiro atoms. The number of benzene rings is 2. The van der Waals surface area contributed by atoms with Crippen LogP contribution in [-0.4, -0.2) is 43.8 Å². The van der Waals surface area contributed by atoms with Gasteiger partial charge in [0, 0.05) is 19.1 Å². The van der Waals surface area contributed by atoms with E-state index >= 15 is 0 Å². The number of hydrogen-bond donors (Lipinski definition) is 0. The summed E-state index contributed by atoms with van der Waals surface area (Å²) in [6.07, 6.45) is 1.77. The van der Waals surface area contributed by atoms with Crippen molar-refractivity contribution in [3.05, 3.63) is 65.7 Å². The van der Waals surface area contributed by atoms with Crippen LogP contribution in [0.4, 0.5) is 0 Å². The van der Waals surface area contributed by atoms with E-state index in [0.29, 0.717) is 11.4 Å². The second kappa shape index (κ2) is 7.68. The highest BCUT2D eigenvalue weighted by molar-refractivity contribution is 7.89.